The molecular formula is C16H19FN4OS. The van der Waals surface area contributed by atoms with Crippen molar-refractivity contribution in [2.24, 2.45) is 5.73 Å². The number of benzene rings is 1. The van der Waals surface area contributed by atoms with Gasteiger partial charge in [0.1, 0.15) is 5.82 Å². The number of nitrogens with two attached hydrogens (primary N) is 1. The molecule has 1 aromatic heterocycles. The summed E-state index contributed by atoms with van der Waals surface area (Å²) in [5, 5.41) is 6.29. The van der Waals surface area contributed by atoms with E-state index in [-0.39, 0.29) is 11.7 Å². The highest BCUT2D eigenvalue weighted by Gasteiger charge is 2.20. The molecule has 5 nitrogen and oxygen atoms in total. The molecule has 0 aliphatic carbocycles. The van der Waals surface area contributed by atoms with E-state index < -0.39 is 0 Å². The van der Waals surface area contributed by atoms with Crippen LogP contribution in [-0.4, -0.2) is 41.5 Å². The van der Waals surface area contributed by atoms with Crippen LogP contribution >= 0.6 is 11.3 Å². The number of piperidine rings is 1. The second-order valence-electron chi connectivity index (χ2n) is 5.71. The zero-order valence-corrected chi connectivity index (χ0v) is 13.5. The van der Waals surface area contributed by atoms with Gasteiger partial charge in [0.2, 0.25) is 5.91 Å². The van der Waals surface area contributed by atoms with E-state index in [2.05, 4.69) is 15.2 Å². The molecule has 1 amide bonds. The number of anilines is 1. The average Bonchev–Trinajstić information content (AvgIpc) is 2.98. The minimum absolute atomic E-state index is 0.245. The fourth-order valence-corrected chi connectivity index (χ4v) is 3.52. The van der Waals surface area contributed by atoms with Gasteiger partial charge >= 0.3 is 0 Å². The fourth-order valence-electron chi connectivity index (χ4n) is 2.72. The fraction of sp³-hybridized carbons (Fsp3) is 0.375. The minimum Gasteiger partial charge on any atom is -0.369 e. The monoisotopic (exact) mass is 334 g/mol. The van der Waals surface area contributed by atoms with E-state index in [9.17, 15) is 9.18 Å². The van der Waals surface area contributed by atoms with Crippen molar-refractivity contribution in [1.82, 2.24) is 9.88 Å². The highest BCUT2D eigenvalue weighted by Crippen LogP contribution is 2.26. The predicted octanol–water partition coefficient (Wildman–Crippen LogP) is 2.31. The molecular weight excluding hydrogens is 315 g/mol. The van der Waals surface area contributed by atoms with Crippen LogP contribution < -0.4 is 11.1 Å². The van der Waals surface area contributed by atoms with Crippen LogP contribution in [-0.2, 0) is 4.79 Å². The topological polar surface area (TPSA) is 71.2 Å². The van der Waals surface area contributed by atoms with Crippen LogP contribution in [0, 0.1) is 5.82 Å². The van der Waals surface area contributed by atoms with Crippen molar-refractivity contribution in [3.8, 4) is 11.3 Å². The van der Waals surface area contributed by atoms with Gasteiger partial charge in [-0.3, -0.25) is 9.69 Å². The number of thiazole rings is 1. The molecule has 1 saturated heterocycles. The predicted molar refractivity (Wildman–Crippen MR) is 89.8 cm³/mol. The zero-order chi connectivity index (χ0) is 16.2. The Morgan fingerprint density at radius 3 is 2.70 bits per heavy atom. The van der Waals surface area contributed by atoms with Gasteiger partial charge in [-0.2, -0.15) is 0 Å². The van der Waals surface area contributed by atoms with E-state index >= 15 is 0 Å². The quantitative estimate of drug-likeness (QED) is 0.880. The first kappa shape index (κ1) is 15.9. The Morgan fingerprint density at radius 1 is 1.35 bits per heavy atom. The Hall–Kier alpha value is -1.99. The standard InChI is InChI=1S/C16H19FN4OS/c17-12-3-1-11(2-4-12)14-10-23-16(20-14)19-13-5-7-21(8-6-13)9-15(18)22/h1-4,10,13H,5-9H2,(H2,18,22)(H,19,20). The second-order valence-corrected chi connectivity index (χ2v) is 6.56. The van der Waals surface area contributed by atoms with Gasteiger partial charge in [0.05, 0.1) is 12.2 Å². The molecule has 0 saturated carbocycles. The molecule has 0 radical (unpaired) electrons. The maximum absolute atomic E-state index is 13.0. The SMILES string of the molecule is NC(=O)CN1CCC(Nc2nc(-c3ccc(F)cc3)cs2)CC1. The van der Waals surface area contributed by atoms with Crippen molar-refractivity contribution in [3.63, 3.8) is 0 Å². The number of nitrogens with zero attached hydrogens (tertiary/aromatic N) is 2. The van der Waals surface area contributed by atoms with E-state index in [0.29, 0.717) is 12.6 Å². The summed E-state index contributed by atoms with van der Waals surface area (Å²) < 4.78 is 13.0. The molecule has 1 aliphatic rings. The molecule has 0 atom stereocenters. The van der Waals surface area contributed by atoms with Crippen LogP contribution in [0.1, 0.15) is 12.8 Å². The summed E-state index contributed by atoms with van der Waals surface area (Å²) in [7, 11) is 0. The molecule has 7 heteroatoms. The second kappa shape index (κ2) is 7.06. The third-order valence-corrected chi connectivity index (χ3v) is 4.71. The van der Waals surface area contributed by atoms with Crippen molar-refractivity contribution < 1.29 is 9.18 Å². The van der Waals surface area contributed by atoms with Crippen molar-refractivity contribution in [2.75, 3.05) is 25.0 Å². The number of hydrogen-bond donors (Lipinski definition) is 2. The lowest BCUT2D eigenvalue weighted by Gasteiger charge is -2.31. The number of amides is 1. The first-order valence-electron chi connectivity index (χ1n) is 7.59. The molecule has 0 bridgehead atoms. The van der Waals surface area contributed by atoms with E-state index in [1.54, 1.807) is 23.5 Å². The van der Waals surface area contributed by atoms with Gasteiger partial charge in [-0.25, -0.2) is 9.37 Å². The molecule has 23 heavy (non-hydrogen) atoms. The molecule has 0 unspecified atom stereocenters. The van der Waals surface area contributed by atoms with Crippen molar-refractivity contribution in [1.29, 1.82) is 0 Å². The maximum atomic E-state index is 13.0. The number of aromatic nitrogens is 1. The van der Waals surface area contributed by atoms with Crippen LogP contribution in [0.3, 0.4) is 0 Å². The Balaban J connectivity index is 1.56. The van der Waals surface area contributed by atoms with Crippen LogP contribution in [0.4, 0.5) is 9.52 Å². The normalized spacial score (nSPS) is 16.4. The summed E-state index contributed by atoms with van der Waals surface area (Å²) in [4.78, 5) is 17.6. The van der Waals surface area contributed by atoms with Gasteiger partial charge in [-0.15, -0.1) is 11.3 Å². The van der Waals surface area contributed by atoms with Gasteiger partial charge in [-0.05, 0) is 37.1 Å². The lowest BCUT2D eigenvalue weighted by atomic mass is 10.1. The summed E-state index contributed by atoms with van der Waals surface area (Å²) in [5.41, 5.74) is 6.98. The molecule has 1 fully saturated rings. The van der Waals surface area contributed by atoms with Crippen LogP contribution in [0.2, 0.25) is 0 Å². The zero-order valence-electron chi connectivity index (χ0n) is 12.7. The van der Waals surface area contributed by atoms with E-state index in [1.807, 2.05) is 5.38 Å². The van der Waals surface area contributed by atoms with Gasteiger partial charge in [0.25, 0.3) is 0 Å². The van der Waals surface area contributed by atoms with E-state index in [0.717, 1.165) is 42.3 Å². The third kappa shape index (κ3) is 4.27. The van der Waals surface area contributed by atoms with Crippen LogP contribution in [0.25, 0.3) is 11.3 Å². The summed E-state index contributed by atoms with van der Waals surface area (Å²) in [6.45, 7) is 2.05. The first-order chi connectivity index (χ1) is 11.1. The van der Waals surface area contributed by atoms with E-state index in [1.165, 1.54) is 12.1 Å². The van der Waals surface area contributed by atoms with Gasteiger partial charge < -0.3 is 11.1 Å². The van der Waals surface area contributed by atoms with Gasteiger partial charge in [0.15, 0.2) is 5.13 Å². The number of rotatable bonds is 5. The number of hydrogen-bond acceptors (Lipinski definition) is 5. The molecule has 2 heterocycles. The average molecular weight is 334 g/mol. The van der Waals surface area contributed by atoms with Gasteiger partial charge in [-0.1, -0.05) is 0 Å². The Kier molecular flexibility index (Phi) is 4.88. The number of carbonyl (C=O) groups excluding carboxylic acids is 1. The Bertz CT molecular complexity index is 665. The smallest absolute Gasteiger partial charge is 0.231 e. The molecule has 1 aromatic carbocycles. The van der Waals surface area contributed by atoms with Crippen LogP contribution in [0.5, 0.6) is 0 Å². The lowest BCUT2D eigenvalue weighted by Crippen LogP contribution is -2.42. The highest BCUT2D eigenvalue weighted by molar-refractivity contribution is 7.14. The molecule has 3 rings (SSSR count). The first-order valence-corrected chi connectivity index (χ1v) is 8.47. The van der Waals surface area contributed by atoms with Crippen molar-refractivity contribution in [2.45, 2.75) is 18.9 Å². The Labute approximate surface area is 138 Å². The van der Waals surface area contributed by atoms with Crippen molar-refractivity contribution in [3.05, 3.63) is 35.5 Å². The largest absolute Gasteiger partial charge is 0.369 e. The number of nitrogens with one attached hydrogen (secondary N) is 1. The molecule has 2 aromatic rings. The summed E-state index contributed by atoms with van der Waals surface area (Å²) >= 11 is 1.55. The molecule has 3 N–H and O–H groups in total. The number of primary amides is 1. The summed E-state index contributed by atoms with van der Waals surface area (Å²) in [6, 6.07) is 6.70. The lowest BCUT2D eigenvalue weighted by molar-refractivity contribution is -0.119. The number of halogens is 1. The maximum Gasteiger partial charge on any atom is 0.231 e. The minimum atomic E-state index is -0.278. The van der Waals surface area contributed by atoms with E-state index in [4.69, 9.17) is 5.73 Å². The summed E-state index contributed by atoms with van der Waals surface area (Å²) in [5.74, 6) is -0.523. The van der Waals surface area contributed by atoms with Crippen LogP contribution in [0.15, 0.2) is 29.6 Å². The third-order valence-electron chi connectivity index (χ3n) is 3.94. The molecule has 122 valence electrons. The summed E-state index contributed by atoms with van der Waals surface area (Å²) in [6.07, 6.45) is 1.91. The highest BCUT2D eigenvalue weighted by atomic mass is 32.1. The number of likely N-dealkylation sites (tertiary alicyclic amines) is 1. The Morgan fingerprint density at radius 2 is 2.04 bits per heavy atom. The van der Waals surface area contributed by atoms with Gasteiger partial charge in [0, 0.05) is 30.1 Å². The molecule has 1 aliphatic heterocycles. The molecule has 0 spiro atoms. The van der Waals surface area contributed by atoms with Crippen molar-refractivity contribution >= 4 is 22.4 Å². The number of carbonyl (C=O) groups is 1.